The topological polar surface area (TPSA) is 21.3 Å². The summed E-state index contributed by atoms with van der Waals surface area (Å²) in [6, 6.07) is 15.6. The summed E-state index contributed by atoms with van der Waals surface area (Å²) in [6.45, 7) is 2.21. The number of benzene rings is 2. The Morgan fingerprint density at radius 1 is 1.14 bits per heavy atom. The summed E-state index contributed by atoms with van der Waals surface area (Å²) in [7, 11) is 1.73. The summed E-state index contributed by atoms with van der Waals surface area (Å²) < 4.78 is 5.35. The maximum absolute atomic E-state index is 5.35. The fraction of sp³-hybridized carbons (Fsp3) is 0.368. The van der Waals surface area contributed by atoms with E-state index in [1.807, 2.05) is 0 Å². The number of para-hydroxylation sites is 1. The number of aryl methyl sites for hydroxylation is 2. The molecule has 0 radical (unpaired) electrons. The highest BCUT2D eigenvalue weighted by Gasteiger charge is 2.19. The molecular weight excluding hydrogens is 258 g/mol. The maximum atomic E-state index is 5.35. The van der Waals surface area contributed by atoms with Crippen LogP contribution in [0.3, 0.4) is 0 Å². The van der Waals surface area contributed by atoms with Gasteiger partial charge in [0.2, 0.25) is 0 Å². The van der Waals surface area contributed by atoms with Crippen molar-refractivity contribution in [2.24, 2.45) is 0 Å². The molecule has 0 aliphatic heterocycles. The van der Waals surface area contributed by atoms with E-state index in [0.29, 0.717) is 6.04 Å². The van der Waals surface area contributed by atoms with E-state index in [1.165, 1.54) is 28.8 Å². The molecule has 0 amide bonds. The molecule has 0 heterocycles. The average molecular weight is 281 g/mol. The SMILES string of the molecule is CCc1ccccc1NC1CCc2ccc(OC)cc2C1. The van der Waals surface area contributed by atoms with Crippen LogP contribution in [0, 0.1) is 0 Å². The number of nitrogens with one attached hydrogen (secondary N) is 1. The first-order chi connectivity index (χ1) is 10.3. The molecule has 3 rings (SSSR count). The highest BCUT2D eigenvalue weighted by atomic mass is 16.5. The lowest BCUT2D eigenvalue weighted by molar-refractivity contribution is 0.413. The van der Waals surface area contributed by atoms with E-state index in [0.717, 1.165) is 25.0 Å². The van der Waals surface area contributed by atoms with Crippen LogP contribution in [0.1, 0.15) is 30.0 Å². The molecule has 0 bridgehead atoms. The van der Waals surface area contributed by atoms with Gasteiger partial charge in [0, 0.05) is 11.7 Å². The molecule has 0 saturated carbocycles. The summed E-state index contributed by atoms with van der Waals surface area (Å²) in [5.74, 6) is 0.961. The lowest BCUT2D eigenvalue weighted by atomic mass is 9.88. The molecule has 0 aromatic heterocycles. The fourth-order valence-corrected chi connectivity index (χ4v) is 3.17. The van der Waals surface area contributed by atoms with Crippen molar-refractivity contribution in [2.75, 3.05) is 12.4 Å². The number of hydrogen-bond donors (Lipinski definition) is 1. The van der Waals surface area contributed by atoms with Crippen molar-refractivity contribution in [3.8, 4) is 5.75 Å². The number of fused-ring (bicyclic) bond motifs is 1. The summed E-state index contributed by atoms with van der Waals surface area (Å²) in [5, 5.41) is 3.74. The highest BCUT2D eigenvalue weighted by molar-refractivity contribution is 5.52. The van der Waals surface area contributed by atoms with Crippen LogP contribution in [0.4, 0.5) is 5.69 Å². The Kier molecular flexibility index (Phi) is 4.14. The third kappa shape index (κ3) is 3.05. The molecule has 110 valence electrons. The van der Waals surface area contributed by atoms with Crippen molar-refractivity contribution in [3.63, 3.8) is 0 Å². The lowest BCUT2D eigenvalue weighted by Gasteiger charge is -2.27. The zero-order valence-electron chi connectivity index (χ0n) is 12.9. The van der Waals surface area contributed by atoms with Gasteiger partial charge in [0.15, 0.2) is 0 Å². The number of hydrogen-bond acceptors (Lipinski definition) is 2. The zero-order valence-corrected chi connectivity index (χ0v) is 12.9. The van der Waals surface area contributed by atoms with Crippen molar-refractivity contribution in [2.45, 2.75) is 38.6 Å². The van der Waals surface area contributed by atoms with E-state index in [4.69, 9.17) is 4.74 Å². The Balaban J connectivity index is 1.76. The molecule has 1 aliphatic rings. The number of ether oxygens (including phenoxy) is 1. The summed E-state index contributed by atoms with van der Waals surface area (Å²) in [6.07, 6.45) is 4.48. The van der Waals surface area contributed by atoms with Crippen molar-refractivity contribution < 1.29 is 4.74 Å². The molecule has 1 atom stereocenters. The van der Waals surface area contributed by atoms with Gasteiger partial charge in [0.25, 0.3) is 0 Å². The number of anilines is 1. The van der Waals surface area contributed by atoms with Crippen molar-refractivity contribution in [1.29, 1.82) is 0 Å². The largest absolute Gasteiger partial charge is 0.497 e. The van der Waals surface area contributed by atoms with Crippen LogP contribution in [-0.2, 0) is 19.3 Å². The molecule has 2 aromatic rings. The quantitative estimate of drug-likeness (QED) is 0.905. The van der Waals surface area contributed by atoms with Crippen molar-refractivity contribution >= 4 is 5.69 Å². The smallest absolute Gasteiger partial charge is 0.119 e. The molecule has 1 N–H and O–H groups in total. The van der Waals surface area contributed by atoms with E-state index in [1.54, 1.807) is 7.11 Å². The second kappa shape index (κ2) is 6.21. The fourth-order valence-electron chi connectivity index (χ4n) is 3.17. The lowest BCUT2D eigenvalue weighted by Crippen LogP contribution is -2.27. The van der Waals surface area contributed by atoms with Crippen LogP contribution >= 0.6 is 0 Å². The van der Waals surface area contributed by atoms with Gasteiger partial charge in [-0.05, 0) is 60.6 Å². The van der Waals surface area contributed by atoms with Crippen LogP contribution in [0.2, 0.25) is 0 Å². The van der Waals surface area contributed by atoms with Crippen LogP contribution in [0.15, 0.2) is 42.5 Å². The molecule has 2 nitrogen and oxygen atoms in total. The molecule has 2 aromatic carbocycles. The molecule has 1 aliphatic carbocycles. The minimum absolute atomic E-state index is 0.511. The second-order valence-corrected chi connectivity index (χ2v) is 5.73. The van der Waals surface area contributed by atoms with Crippen LogP contribution in [0.25, 0.3) is 0 Å². The van der Waals surface area contributed by atoms with Gasteiger partial charge in [-0.2, -0.15) is 0 Å². The van der Waals surface area contributed by atoms with E-state index in [2.05, 4.69) is 54.7 Å². The Bertz CT molecular complexity index is 621. The first kappa shape index (κ1) is 14.0. The van der Waals surface area contributed by atoms with Crippen molar-refractivity contribution in [3.05, 3.63) is 59.2 Å². The Labute approximate surface area is 127 Å². The van der Waals surface area contributed by atoms with Gasteiger partial charge < -0.3 is 10.1 Å². The van der Waals surface area contributed by atoms with Crippen LogP contribution < -0.4 is 10.1 Å². The van der Waals surface area contributed by atoms with Gasteiger partial charge in [-0.1, -0.05) is 31.2 Å². The van der Waals surface area contributed by atoms with Gasteiger partial charge in [-0.3, -0.25) is 0 Å². The van der Waals surface area contributed by atoms with Crippen LogP contribution in [0.5, 0.6) is 5.75 Å². The first-order valence-corrected chi connectivity index (χ1v) is 7.80. The van der Waals surface area contributed by atoms with Gasteiger partial charge in [0.1, 0.15) is 5.75 Å². The third-order valence-electron chi connectivity index (χ3n) is 4.40. The Morgan fingerprint density at radius 3 is 2.81 bits per heavy atom. The first-order valence-electron chi connectivity index (χ1n) is 7.80. The van der Waals surface area contributed by atoms with E-state index in [-0.39, 0.29) is 0 Å². The minimum atomic E-state index is 0.511. The van der Waals surface area contributed by atoms with E-state index >= 15 is 0 Å². The zero-order chi connectivity index (χ0) is 14.7. The van der Waals surface area contributed by atoms with Crippen molar-refractivity contribution in [1.82, 2.24) is 0 Å². The highest BCUT2D eigenvalue weighted by Crippen LogP contribution is 2.28. The molecular formula is C19H23NO. The maximum Gasteiger partial charge on any atom is 0.119 e. The van der Waals surface area contributed by atoms with Gasteiger partial charge in [0.05, 0.1) is 7.11 Å². The minimum Gasteiger partial charge on any atom is -0.497 e. The molecule has 21 heavy (non-hydrogen) atoms. The Hall–Kier alpha value is -1.96. The second-order valence-electron chi connectivity index (χ2n) is 5.73. The number of methoxy groups -OCH3 is 1. The molecule has 0 saturated heterocycles. The monoisotopic (exact) mass is 281 g/mol. The molecule has 2 heteroatoms. The Morgan fingerprint density at radius 2 is 2.00 bits per heavy atom. The van der Waals surface area contributed by atoms with Gasteiger partial charge in [-0.25, -0.2) is 0 Å². The molecule has 1 unspecified atom stereocenters. The summed E-state index contributed by atoms with van der Waals surface area (Å²) >= 11 is 0. The average Bonchev–Trinajstić information content (AvgIpc) is 2.54. The predicted octanol–water partition coefficient (Wildman–Crippen LogP) is 4.23. The number of rotatable bonds is 4. The summed E-state index contributed by atoms with van der Waals surface area (Å²) in [4.78, 5) is 0. The van der Waals surface area contributed by atoms with Gasteiger partial charge >= 0.3 is 0 Å². The standard InChI is InChI=1S/C19H23NO/c1-3-14-6-4-5-7-19(14)20-17-10-8-15-9-11-18(21-2)13-16(15)12-17/h4-7,9,11,13,17,20H,3,8,10,12H2,1-2H3. The van der Waals surface area contributed by atoms with E-state index < -0.39 is 0 Å². The van der Waals surface area contributed by atoms with Gasteiger partial charge in [-0.15, -0.1) is 0 Å². The normalized spacial score (nSPS) is 17.1. The van der Waals surface area contributed by atoms with E-state index in [9.17, 15) is 0 Å². The molecule has 0 spiro atoms. The third-order valence-corrected chi connectivity index (χ3v) is 4.40. The summed E-state index contributed by atoms with van der Waals surface area (Å²) in [5.41, 5.74) is 5.58. The molecule has 0 fully saturated rings. The predicted molar refractivity (Wildman–Crippen MR) is 88.2 cm³/mol. The van der Waals surface area contributed by atoms with Crippen LogP contribution in [-0.4, -0.2) is 13.2 Å².